The number of nitrogens with zero attached hydrogens (tertiary/aromatic N) is 2. The highest BCUT2D eigenvalue weighted by Gasteiger charge is 2.23. The maximum absolute atomic E-state index is 13.5. The van der Waals surface area contributed by atoms with Crippen molar-refractivity contribution < 1.29 is 38.1 Å². The number of benzene rings is 4. The first-order valence-electron chi connectivity index (χ1n) is 26.2. The van der Waals surface area contributed by atoms with E-state index in [9.17, 15) is 14.4 Å². The van der Waals surface area contributed by atoms with Crippen molar-refractivity contribution in [3.63, 3.8) is 0 Å². The van der Waals surface area contributed by atoms with E-state index in [-0.39, 0.29) is 50.5 Å². The van der Waals surface area contributed by atoms with Crippen LogP contribution in [0.1, 0.15) is 119 Å². The highest BCUT2D eigenvalue weighted by molar-refractivity contribution is 5.85. The fourth-order valence-electron chi connectivity index (χ4n) is 9.09. The van der Waals surface area contributed by atoms with Crippen LogP contribution in [0.4, 0.5) is 11.4 Å². The molecule has 1 aliphatic rings. The molecule has 4 aromatic carbocycles. The first-order valence-corrected chi connectivity index (χ1v) is 26.2. The van der Waals surface area contributed by atoms with Crippen LogP contribution in [0.2, 0.25) is 0 Å². The van der Waals surface area contributed by atoms with Crippen LogP contribution in [-0.4, -0.2) is 70.3 Å². The van der Waals surface area contributed by atoms with Crippen LogP contribution in [0, 0.1) is 0 Å². The number of carbonyl (C=O) groups excluding carboxylic acids is 3. The maximum Gasteiger partial charge on any atom is 0.302 e. The molecule has 0 saturated carbocycles. The monoisotopic (exact) mass is 1020 g/mol. The molecule has 0 bridgehead atoms. The highest BCUT2D eigenvalue weighted by atomic mass is 16.7. The van der Waals surface area contributed by atoms with Gasteiger partial charge in [0, 0.05) is 50.5 Å². The topological polar surface area (TPSA) is 104 Å². The van der Waals surface area contributed by atoms with E-state index in [1.165, 1.54) is 18.1 Å². The second kappa shape index (κ2) is 29.5. The number of anilines is 2. The third-order valence-corrected chi connectivity index (χ3v) is 12.8. The molecule has 0 atom stereocenters. The molecular formula is C65H80N2O8. The number of ether oxygens (including phenoxy) is 5. The molecule has 398 valence electrons. The molecule has 0 N–H and O–H groups in total. The van der Waals surface area contributed by atoms with Gasteiger partial charge in [-0.25, -0.2) is 0 Å². The van der Waals surface area contributed by atoms with E-state index < -0.39 is 0 Å². The van der Waals surface area contributed by atoms with Crippen LogP contribution < -0.4 is 25.0 Å². The quantitative estimate of drug-likeness (QED) is 0.0128. The molecular weight excluding hydrogens is 937 g/mol. The second-order valence-corrected chi connectivity index (χ2v) is 20.0. The lowest BCUT2D eigenvalue weighted by molar-refractivity contribution is -0.140. The molecule has 5 rings (SSSR count). The van der Waals surface area contributed by atoms with Gasteiger partial charge in [-0.1, -0.05) is 98.1 Å². The first-order chi connectivity index (χ1) is 35.9. The van der Waals surface area contributed by atoms with Gasteiger partial charge in [0.1, 0.15) is 23.1 Å². The highest BCUT2D eigenvalue weighted by Crippen LogP contribution is 2.35. The Kier molecular flexibility index (Phi) is 23.1. The van der Waals surface area contributed by atoms with Crippen molar-refractivity contribution in [3.8, 4) is 5.75 Å². The van der Waals surface area contributed by atoms with Crippen LogP contribution in [0.15, 0.2) is 152 Å². The lowest BCUT2D eigenvalue weighted by atomic mass is 9.82. The summed E-state index contributed by atoms with van der Waals surface area (Å²) in [5, 5.41) is 2.12. The van der Waals surface area contributed by atoms with Crippen LogP contribution in [0.5, 0.6) is 5.75 Å². The minimum atomic E-state index is -0.334. The molecule has 0 unspecified atom stereocenters. The zero-order valence-corrected chi connectivity index (χ0v) is 45.6. The van der Waals surface area contributed by atoms with E-state index in [0.717, 1.165) is 123 Å². The number of ketones is 2. The lowest BCUT2D eigenvalue weighted by Crippen LogP contribution is -2.32. The number of allylic oxidation sites excluding steroid dienone is 2. The zero-order chi connectivity index (χ0) is 54.4. The molecule has 0 aromatic heterocycles. The van der Waals surface area contributed by atoms with E-state index in [4.69, 9.17) is 23.7 Å². The Morgan fingerprint density at radius 3 is 1.96 bits per heavy atom. The molecule has 4 aromatic rings. The van der Waals surface area contributed by atoms with Crippen LogP contribution in [0.25, 0.3) is 12.2 Å². The van der Waals surface area contributed by atoms with E-state index >= 15 is 0 Å². The summed E-state index contributed by atoms with van der Waals surface area (Å²) in [7, 11) is 0. The number of hydrogen-bond acceptors (Lipinski definition) is 10. The fourth-order valence-corrected chi connectivity index (χ4v) is 9.09. The Labute approximate surface area is 447 Å². The average Bonchev–Trinajstić information content (AvgIpc) is 3.33. The number of unbranched alkanes of at least 4 members (excludes halogenated alkanes) is 1. The normalized spacial score (nSPS) is 11.3. The summed E-state index contributed by atoms with van der Waals surface area (Å²) in [6.45, 7) is 40.1. The Balaban J connectivity index is 1.54. The molecule has 0 radical (unpaired) electrons. The van der Waals surface area contributed by atoms with Gasteiger partial charge in [-0.2, -0.15) is 0 Å². The summed E-state index contributed by atoms with van der Waals surface area (Å²) >= 11 is 0. The number of fused-ring (bicyclic) bond motifs is 2. The van der Waals surface area contributed by atoms with Gasteiger partial charge >= 0.3 is 5.97 Å². The number of Topliss-reactive ketones (excluding diaryl/α,β-unsaturated/α-hetero) is 2. The van der Waals surface area contributed by atoms with Crippen LogP contribution >= 0.6 is 0 Å². The van der Waals surface area contributed by atoms with Crippen molar-refractivity contribution in [1.29, 1.82) is 0 Å². The van der Waals surface area contributed by atoms with Gasteiger partial charge in [0.25, 0.3) is 0 Å². The van der Waals surface area contributed by atoms with Gasteiger partial charge in [0.15, 0.2) is 5.78 Å². The van der Waals surface area contributed by atoms with Crippen molar-refractivity contribution in [2.24, 2.45) is 0 Å². The average molecular weight is 1020 g/mol. The van der Waals surface area contributed by atoms with Gasteiger partial charge in [-0.3, -0.25) is 14.4 Å². The van der Waals surface area contributed by atoms with Crippen molar-refractivity contribution in [1.82, 2.24) is 0 Å². The van der Waals surface area contributed by atoms with Crippen molar-refractivity contribution in [2.75, 3.05) is 62.6 Å². The maximum atomic E-state index is 13.5. The van der Waals surface area contributed by atoms with E-state index in [2.05, 4.69) is 123 Å². The number of hydrogen-bond donors (Lipinski definition) is 0. The molecule has 0 amide bonds. The van der Waals surface area contributed by atoms with Crippen LogP contribution in [0.3, 0.4) is 0 Å². The van der Waals surface area contributed by atoms with Gasteiger partial charge < -0.3 is 33.5 Å². The summed E-state index contributed by atoms with van der Waals surface area (Å²) in [4.78, 5) is 41.2. The molecule has 0 heterocycles. The zero-order valence-electron chi connectivity index (χ0n) is 45.6. The molecule has 10 heteroatoms. The molecule has 75 heavy (non-hydrogen) atoms. The van der Waals surface area contributed by atoms with Gasteiger partial charge in [-0.15, -0.1) is 13.2 Å². The lowest BCUT2D eigenvalue weighted by Gasteiger charge is -2.30. The Morgan fingerprint density at radius 1 is 0.573 bits per heavy atom. The molecule has 0 aliphatic heterocycles. The molecule has 10 nitrogen and oxygen atoms in total. The molecule has 0 saturated heterocycles. The Bertz CT molecular complexity index is 2790. The van der Waals surface area contributed by atoms with Crippen molar-refractivity contribution >= 4 is 41.1 Å². The van der Waals surface area contributed by atoms with Crippen LogP contribution in [-0.2, 0) is 52.6 Å². The number of esters is 1. The number of para-hydroxylation sites is 1. The Hall–Kier alpha value is -7.33. The van der Waals surface area contributed by atoms with Gasteiger partial charge in [0.05, 0.1) is 45.2 Å². The first kappa shape index (κ1) is 58.6. The minimum Gasteiger partial charge on any atom is -0.496 e. The summed E-state index contributed by atoms with van der Waals surface area (Å²) in [6, 6.07) is 27.8. The van der Waals surface area contributed by atoms with Crippen molar-refractivity contribution in [3.05, 3.63) is 196 Å². The molecule has 0 spiro atoms. The van der Waals surface area contributed by atoms with E-state index in [1.54, 1.807) is 13.8 Å². The number of carbonyl (C=O) groups is 3. The molecule has 1 aliphatic carbocycles. The van der Waals surface area contributed by atoms with Crippen molar-refractivity contribution in [2.45, 2.75) is 105 Å². The summed E-state index contributed by atoms with van der Waals surface area (Å²) in [5.41, 5.74) is 13.0. The number of rotatable bonds is 35. The summed E-state index contributed by atoms with van der Waals surface area (Å²) in [6.07, 6.45) is 7.52. The van der Waals surface area contributed by atoms with E-state index in [1.807, 2.05) is 26.0 Å². The third-order valence-electron chi connectivity index (χ3n) is 12.8. The molecule has 0 fully saturated rings. The number of aryl methyl sites for hydroxylation is 2. The largest absolute Gasteiger partial charge is 0.496 e. The Morgan fingerprint density at radius 2 is 1.25 bits per heavy atom. The summed E-state index contributed by atoms with van der Waals surface area (Å²) in [5.74, 6) is 2.22. The summed E-state index contributed by atoms with van der Waals surface area (Å²) < 4.78 is 29.0. The van der Waals surface area contributed by atoms with Gasteiger partial charge in [-0.05, 0) is 152 Å². The second-order valence-electron chi connectivity index (χ2n) is 20.0. The SMILES string of the molecule is C=C(C)CCCC(=O)CN(CC(=C)CCOC(C)=O)c1ccccc1CCCCc1cc(C2=c3ccc(=C)cc3Cc3cc(OCCC(=C)C)ccc32)ccc1N(CC(=C)OCCC(C)=O)CC(=C)OCOC(=C)C. The minimum absolute atomic E-state index is 0.0267. The fraction of sp³-hybridized carbons (Fsp3) is 0.369. The smallest absolute Gasteiger partial charge is 0.302 e. The standard InChI is InChI=1S/C65H80N2O8/c1-45(2)18-17-22-59(70)43-66(40-49(8)31-34-72-53(12)69)63-23-16-15-20-54(63)19-13-14-21-55-37-56(25-29-64(55)67(41-51(10)71-35-32-50(9)68)42-52(11)75-44-74-47(5)6)65-61-27-24-48(7)36-57(61)38-58-39-60(26-28-62(58)65)73-33-30-46(3)4/h15-16,20,23-29,36-37,39H,1,3,5,7-8,10-11,13-14,17-19,21-22,30-35,38,40-44H2,2,4,6,9,12H3. The predicted molar refractivity (Wildman–Crippen MR) is 306 cm³/mol. The van der Waals surface area contributed by atoms with E-state index in [0.29, 0.717) is 56.4 Å². The predicted octanol–water partition coefficient (Wildman–Crippen LogP) is 12.1. The third kappa shape index (κ3) is 19.5. The van der Waals surface area contributed by atoms with Gasteiger partial charge in [0.2, 0.25) is 6.79 Å².